The Labute approximate surface area is 154 Å². The van der Waals surface area contributed by atoms with Crippen LogP contribution >= 0.6 is 0 Å². The number of ether oxygens (including phenoxy) is 1. The van der Waals surface area contributed by atoms with Crippen molar-refractivity contribution in [1.29, 1.82) is 0 Å². The minimum Gasteiger partial charge on any atom is -0.455 e. The number of nitrogens with zero attached hydrogens (tertiary/aromatic N) is 1. The minimum atomic E-state index is -0.535. The Kier molecular flexibility index (Phi) is 5.12. The Bertz CT molecular complexity index is 1020. The quantitative estimate of drug-likeness (QED) is 0.504. The van der Waals surface area contributed by atoms with E-state index < -0.39 is 16.6 Å². The molecule has 136 valence electrons. The molecule has 3 rings (SSSR count). The maximum Gasteiger partial charge on any atom is 0.273 e. The van der Waals surface area contributed by atoms with E-state index in [1.807, 2.05) is 0 Å². The molecule has 1 N–H and O–H groups in total. The molecule has 0 saturated heterocycles. The molecule has 0 aliphatic heterocycles. The van der Waals surface area contributed by atoms with Gasteiger partial charge in [0.25, 0.3) is 11.6 Å². The Morgan fingerprint density at radius 1 is 1.07 bits per heavy atom. The van der Waals surface area contributed by atoms with E-state index in [1.54, 1.807) is 30.3 Å². The average Bonchev–Trinajstić information content (AvgIpc) is 2.63. The predicted molar refractivity (Wildman–Crippen MR) is 98.7 cm³/mol. The summed E-state index contributed by atoms with van der Waals surface area (Å²) in [5, 5.41) is 13.8. The van der Waals surface area contributed by atoms with Gasteiger partial charge in [-0.2, -0.15) is 0 Å². The normalized spacial score (nSPS) is 10.3. The maximum absolute atomic E-state index is 13.3. The molecule has 0 aromatic heterocycles. The van der Waals surface area contributed by atoms with Crippen molar-refractivity contribution >= 4 is 17.3 Å². The van der Waals surface area contributed by atoms with E-state index in [4.69, 9.17) is 4.74 Å². The van der Waals surface area contributed by atoms with Crippen molar-refractivity contribution in [3.05, 3.63) is 93.8 Å². The molecule has 3 aromatic carbocycles. The molecule has 0 atom stereocenters. The number of benzene rings is 3. The number of hydrogen-bond acceptors (Lipinski definition) is 4. The smallest absolute Gasteiger partial charge is 0.273 e. The highest BCUT2D eigenvalue weighted by Gasteiger charge is 2.19. The molecule has 0 bridgehead atoms. The molecule has 0 aliphatic carbocycles. The molecule has 0 saturated carbocycles. The van der Waals surface area contributed by atoms with E-state index in [0.29, 0.717) is 11.4 Å². The average molecular weight is 366 g/mol. The number of carbonyl (C=O) groups excluding carboxylic acids is 1. The zero-order valence-corrected chi connectivity index (χ0v) is 14.3. The lowest BCUT2D eigenvalue weighted by molar-refractivity contribution is -0.385. The number of rotatable bonds is 5. The molecular weight excluding hydrogens is 351 g/mol. The molecule has 6 nitrogen and oxygen atoms in total. The van der Waals surface area contributed by atoms with Crippen molar-refractivity contribution < 1.29 is 18.8 Å². The van der Waals surface area contributed by atoms with Gasteiger partial charge >= 0.3 is 0 Å². The van der Waals surface area contributed by atoms with Gasteiger partial charge in [0.2, 0.25) is 0 Å². The number of halogens is 1. The van der Waals surface area contributed by atoms with E-state index in [1.165, 1.54) is 43.3 Å². The van der Waals surface area contributed by atoms with E-state index in [2.05, 4.69) is 5.32 Å². The van der Waals surface area contributed by atoms with E-state index in [0.717, 1.165) is 0 Å². The third-order valence-corrected chi connectivity index (χ3v) is 3.91. The van der Waals surface area contributed by atoms with Gasteiger partial charge < -0.3 is 10.1 Å². The summed E-state index contributed by atoms with van der Waals surface area (Å²) in [5.74, 6) is -0.351. The van der Waals surface area contributed by atoms with Gasteiger partial charge in [-0.3, -0.25) is 14.9 Å². The molecule has 0 spiro atoms. The van der Waals surface area contributed by atoms with Gasteiger partial charge in [0.15, 0.2) is 5.75 Å². The standard InChI is InChI=1S/C20H15FN2O4/c1-13-16(8-5-10-18(13)23(25)26)20(24)22-17-9-2-3-11-19(17)27-15-7-4-6-14(21)12-15/h2-12H,1H3,(H,22,24). The van der Waals surface area contributed by atoms with Crippen LogP contribution in [0.3, 0.4) is 0 Å². The number of amides is 1. The van der Waals surface area contributed by atoms with Gasteiger partial charge in [0.05, 0.1) is 10.6 Å². The maximum atomic E-state index is 13.3. The molecule has 0 fully saturated rings. The number of hydrogen-bond donors (Lipinski definition) is 1. The van der Waals surface area contributed by atoms with Gasteiger partial charge in [-0.15, -0.1) is 0 Å². The van der Waals surface area contributed by atoms with Crippen LogP contribution in [0.25, 0.3) is 0 Å². The van der Waals surface area contributed by atoms with Crippen LogP contribution in [-0.2, 0) is 0 Å². The van der Waals surface area contributed by atoms with Crippen LogP contribution in [0.2, 0.25) is 0 Å². The minimum absolute atomic E-state index is 0.132. The summed E-state index contributed by atoms with van der Waals surface area (Å²) in [5.41, 5.74) is 0.679. The lowest BCUT2D eigenvalue weighted by Gasteiger charge is -2.13. The molecule has 7 heteroatoms. The second kappa shape index (κ2) is 7.65. The molecule has 0 radical (unpaired) electrons. The first-order valence-corrected chi connectivity index (χ1v) is 8.03. The highest BCUT2D eigenvalue weighted by atomic mass is 19.1. The Balaban J connectivity index is 1.87. The molecule has 3 aromatic rings. The molecule has 0 aliphatic rings. The third-order valence-electron chi connectivity index (χ3n) is 3.91. The zero-order valence-electron chi connectivity index (χ0n) is 14.3. The summed E-state index contributed by atoms with van der Waals surface area (Å²) in [6.45, 7) is 1.52. The molecule has 1 amide bonds. The molecule has 27 heavy (non-hydrogen) atoms. The van der Waals surface area contributed by atoms with Crippen molar-refractivity contribution in [2.24, 2.45) is 0 Å². The summed E-state index contributed by atoms with van der Waals surface area (Å²) >= 11 is 0. The lowest BCUT2D eigenvalue weighted by atomic mass is 10.1. The summed E-state index contributed by atoms with van der Waals surface area (Å²) < 4.78 is 19.0. The van der Waals surface area contributed by atoms with Crippen molar-refractivity contribution in [2.45, 2.75) is 6.92 Å². The Morgan fingerprint density at radius 2 is 1.81 bits per heavy atom. The number of nitrogens with one attached hydrogen (secondary N) is 1. The SMILES string of the molecule is Cc1c(C(=O)Nc2ccccc2Oc2cccc(F)c2)cccc1[N+](=O)[O-]. The van der Waals surface area contributed by atoms with E-state index in [-0.39, 0.29) is 22.6 Å². The number of nitro groups is 1. The topological polar surface area (TPSA) is 81.5 Å². The Morgan fingerprint density at radius 3 is 2.56 bits per heavy atom. The Hall–Kier alpha value is -3.74. The van der Waals surface area contributed by atoms with Gasteiger partial charge in [-0.25, -0.2) is 4.39 Å². The van der Waals surface area contributed by atoms with Crippen molar-refractivity contribution in [3.8, 4) is 11.5 Å². The first-order valence-electron chi connectivity index (χ1n) is 8.03. The van der Waals surface area contributed by atoms with Crippen LogP contribution in [0.1, 0.15) is 15.9 Å². The molecule has 0 unspecified atom stereocenters. The van der Waals surface area contributed by atoms with Crippen LogP contribution in [0.4, 0.5) is 15.8 Å². The predicted octanol–water partition coefficient (Wildman–Crippen LogP) is 5.09. The van der Waals surface area contributed by atoms with Crippen molar-refractivity contribution in [2.75, 3.05) is 5.32 Å². The zero-order chi connectivity index (χ0) is 19.4. The highest BCUT2D eigenvalue weighted by molar-refractivity contribution is 6.06. The second-order valence-corrected chi connectivity index (χ2v) is 5.72. The first kappa shape index (κ1) is 18.1. The summed E-state index contributed by atoms with van der Waals surface area (Å²) in [4.78, 5) is 23.1. The van der Waals surface area contributed by atoms with Crippen LogP contribution in [-0.4, -0.2) is 10.8 Å². The van der Waals surface area contributed by atoms with E-state index >= 15 is 0 Å². The summed E-state index contributed by atoms with van der Waals surface area (Å²) in [6.07, 6.45) is 0. The van der Waals surface area contributed by atoms with Crippen LogP contribution in [0, 0.1) is 22.9 Å². The van der Waals surface area contributed by atoms with Gasteiger partial charge in [-0.1, -0.05) is 24.3 Å². The fourth-order valence-electron chi connectivity index (χ4n) is 2.57. The van der Waals surface area contributed by atoms with Crippen molar-refractivity contribution in [3.63, 3.8) is 0 Å². The number of nitro benzene ring substituents is 1. The van der Waals surface area contributed by atoms with Gasteiger partial charge in [-0.05, 0) is 37.3 Å². The van der Waals surface area contributed by atoms with Crippen LogP contribution < -0.4 is 10.1 Å². The monoisotopic (exact) mass is 366 g/mol. The van der Waals surface area contributed by atoms with Crippen LogP contribution in [0.15, 0.2) is 66.7 Å². The second-order valence-electron chi connectivity index (χ2n) is 5.72. The molecular formula is C20H15FN2O4. The highest BCUT2D eigenvalue weighted by Crippen LogP contribution is 2.30. The fraction of sp³-hybridized carbons (Fsp3) is 0.0500. The van der Waals surface area contributed by atoms with Gasteiger partial charge in [0.1, 0.15) is 11.6 Å². The van der Waals surface area contributed by atoms with Crippen molar-refractivity contribution in [1.82, 2.24) is 0 Å². The van der Waals surface area contributed by atoms with Crippen LogP contribution in [0.5, 0.6) is 11.5 Å². The molecule has 0 heterocycles. The summed E-state index contributed by atoms with van der Waals surface area (Å²) in [7, 11) is 0. The number of carbonyl (C=O) groups is 1. The number of anilines is 1. The largest absolute Gasteiger partial charge is 0.455 e. The van der Waals surface area contributed by atoms with E-state index in [9.17, 15) is 19.3 Å². The van der Waals surface area contributed by atoms with Gasteiger partial charge in [0, 0.05) is 23.3 Å². The first-order chi connectivity index (χ1) is 13.0. The third kappa shape index (κ3) is 4.09. The number of para-hydroxylation sites is 2. The summed E-state index contributed by atoms with van der Waals surface area (Å²) in [6, 6.07) is 16.6. The lowest BCUT2D eigenvalue weighted by Crippen LogP contribution is -2.14. The fourth-order valence-corrected chi connectivity index (χ4v) is 2.57.